The highest BCUT2D eigenvalue weighted by Crippen LogP contribution is 2.27. The monoisotopic (exact) mass is 421 g/mol. The normalized spacial score (nSPS) is 18.9. The average Bonchev–Trinajstić information content (AvgIpc) is 3.36. The van der Waals surface area contributed by atoms with Crippen LogP contribution < -0.4 is 10.6 Å². The minimum atomic E-state index is 0.0405. The summed E-state index contributed by atoms with van der Waals surface area (Å²) in [6, 6.07) is 0.519. The largest absolute Gasteiger partial charge is 0.364 e. The quantitative estimate of drug-likeness (QED) is 0.650. The predicted molar refractivity (Wildman–Crippen MR) is 117 cm³/mol. The maximum Gasteiger partial charge on any atom is 0.317 e. The number of imidazole rings is 1. The van der Waals surface area contributed by atoms with Crippen LogP contribution in [-0.2, 0) is 6.54 Å². The molecule has 2 amide bonds. The van der Waals surface area contributed by atoms with Crippen LogP contribution in [-0.4, -0.2) is 65.6 Å². The van der Waals surface area contributed by atoms with Crippen LogP contribution in [0.1, 0.15) is 38.4 Å². The Bertz CT molecular complexity index is 1090. The summed E-state index contributed by atoms with van der Waals surface area (Å²) in [7, 11) is 0. The second-order valence-corrected chi connectivity index (χ2v) is 8.25. The summed E-state index contributed by atoms with van der Waals surface area (Å²) in [6.45, 7) is 6.02. The molecule has 3 aromatic heterocycles. The summed E-state index contributed by atoms with van der Waals surface area (Å²) >= 11 is 0. The van der Waals surface area contributed by atoms with Crippen LogP contribution >= 0.6 is 0 Å². The molecule has 4 heterocycles. The first kappa shape index (κ1) is 19.7. The van der Waals surface area contributed by atoms with Gasteiger partial charge in [0.2, 0.25) is 0 Å². The molecule has 1 saturated heterocycles. The molecule has 10 nitrogen and oxygen atoms in total. The smallest absolute Gasteiger partial charge is 0.317 e. The molecule has 1 saturated carbocycles. The number of hydrogen-bond acceptors (Lipinski definition) is 7. The topological polar surface area (TPSA) is 114 Å². The molecule has 1 aliphatic carbocycles. The van der Waals surface area contributed by atoms with Crippen LogP contribution in [0.2, 0.25) is 0 Å². The Morgan fingerprint density at radius 3 is 2.65 bits per heavy atom. The van der Waals surface area contributed by atoms with E-state index in [1.165, 1.54) is 6.42 Å². The van der Waals surface area contributed by atoms with Crippen molar-refractivity contribution in [2.24, 2.45) is 0 Å². The first-order valence-corrected chi connectivity index (χ1v) is 10.9. The third-order valence-electron chi connectivity index (χ3n) is 6.14. The highest BCUT2D eigenvalue weighted by atomic mass is 16.2. The minimum Gasteiger partial charge on any atom is -0.364 e. The van der Waals surface area contributed by atoms with E-state index in [0.29, 0.717) is 24.9 Å². The molecule has 3 aromatic rings. The van der Waals surface area contributed by atoms with E-state index in [1.54, 1.807) is 18.7 Å². The van der Waals surface area contributed by atoms with Crippen LogP contribution in [0, 0.1) is 6.92 Å². The van der Waals surface area contributed by atoms with Crippen molar-refractivity contribution >= 4 is 23.0 Å². The molecule has 2 N–H and O–H groups in total. The molecular formula is C21H27N9O. The Labute approximate surface area is 180 Å². The minimum absolute atomic E-state index is 0.0405. The van der Waals surface area contributed by atoms with Crippen molar-refractivity contribution in [2.45, 2.75) is 58.2 Å². The van der Waals surface area contributed by atoms with Gasteiger partial charge in [0.05, 0.1) is 5.56 Å². The molecule has 1 unspecified atom stereocenters. The van der Waals surface area contributed by atoms with Gasteiger partial charge in [-0.1, -0.05) is 0 Å². The molecule has 0 aromatic carbocycles. The first-order valence-electron chi connectivity index (χ1n) is 10.9. The van der Waals surface area contributed by atoms with Crippen LogP contribution in [0.25, 0.3) is 22.6 Å². The van der Waals surface area contributed by atoms with Crippen molar-refractivity contribution in [3.63, 3.8) is 0 Å². The summed E-state index contributed by atoms with van der Waals surface area (Å²) in [5, 5.41) is 6.61. The van der Waals surface area contributed by atoms with Crippen molar-refractivity contribution in [3.05, 3.63) is 24.5 Å². The fourth-order valence-corrected chi connectivity index (χ4v) is 4.14. The number of carbonyl (C=O) groups excluding carboxylic acids is 1. The zero-order valence-corrected chi connectivity index (χ0v) is 17.9. The maximum atomic E-state index is 12.5. The molecule has 5 rings (SSSR count). The number of carbonyl (C=O) groups is 1. The summed E-state index contributed by atoms with van der Waals surface area (Å²) < 4.78 is 2.04. The van der Waals surface area contributed by atoms with Gasteiger partial charge >= 0.3 is 6.03 Å². The zero-order valence-electron chi connectivity index (χ0n) is 17.9. The fraction of sp³-hybridized carbons (Fsp3) is 0.524. The van der Waals surface area contributed by atoms with Gasteiger partial charge < -0.3 is 20.1 Å². The molecule has 0 spiro atoms. The second-order valence-electron chi connectivity index (χ2n) is 8.25. The number of anilines is 1. The van der Waals surface area contributed by atoms with Crippen LogP contribution in [0.3, 0.4) is 0 Å². The van der Waals surface area contributed by atoms with Crippen molar-refractivity contribution < 1.29 is 4.79 Å². The number of aryl methyl sites for hydroxylation is 2. The lowest BCUT2D eigenvalue weighted by atomic mass is 9.93. The van der Waals surface area contributed by atoms with E-state index in [9.17, 15) is 4.79 Å². The van der Waals surface area contributed by atoms with E-state index in [1.807, 2.05) is 16.4 Å². The van der Waals surface area contributed by atoms with Gasteiger partial charge in [-0.25, -0.2) is 29.7 Å². The van der Waals surface area contributed by atoms with Gasteiger partial charge in [-0.3, -0.25) is 0 Å². The Balaban J connectivity index is 1.37. The van der Waals surface area contributed by atoms with Crippen LogP contribution in [0.15, 0.2) is 18.7 Å². The molecule has 0 radical (unpaired) electrons. The molecule has 1 atom stereocenters. The number of aromatic nitrogens is 6. The number of nitrogens with one attached hydrogen (secondary N) is 2. The third kappa shape index (κ3) is 3.77. The molecule has 0 bridgehead atoms. The Morgan fingerprint density at radius 2 is 1.94 bits per heavy atom. The summed E-state index contributed by atoms with van der Waals surface area (Å²) in [6.07, 6.45) is 9.39. The number of nitrogens with zero attached hydrogens (tertiary/aromatic N) is 7. The van der Waals surface area contributed by atoms with Gasteiger partial charge in [-0.2, -0.15) is 0 Å². The van der Waals surface area contributed by atoms with E-state index < -0.39 is 0 Å². The standard InChI is InChI=1S/C21H27N9O/c1-3-30-19(14-9-22-13(2)23-10-14)28-17-18(24-12-25-20(17)30)26-16-7-8-29(11-16)21(31)27-15-5-4-6-15/h9-10,12,15-16H,3-8,11H2,1-2H3,(H,27,31)(H,24,25,26). The third-order valence-corrected chi connectivity index (χ3v) is 6.14. The number of amides is 2. The molecule has 31 heavy (non-hydrogen) atoms. The van der Waals surface area contributed by atoms with E-state index >= 15 is 0 Å². The zero-order chi connectivity index (χ0) is 21.4. The lowest BCUT2D eigenvalue weighted by Gasteiger charge is -2.29. The Kier molecular flexibility index (Phi) is 5.13. The number of rotatable bonds is 5. The number of urea groups is 1. The number of fused-ring (bicyclic) bond motifs is 1. The number of hydrogen-bond donors (Lipinski definition) is 2. The van der Waals surface area contributed by atoms with Crippen molar-refractivity contribution in [3.8, 4) is 11.4 Å². The van der Waals surface area contributed by atoms with E-state index in [-0.39, 0.29) is 12.1 Å². The highest BCUT2D eigenvalue weighted by Gasteiger charge is 2.29. The molecular weight excluding hydrogens is 394 g/mol. The first-order chi connectivity index (χ1) is 15.1. The van der Waals surface area contributed by atoms with Crippen molar-refractivity contribution in [1.29, 1.82) is 0 Å². The van der Waals surface area contributed by atoms with Gasteiger partial charge in [-0.05, 0) is 39.5 Å². The summed E-state index contributed by atoms with van der Waals surface area (Å²) in [5.41, 5.74) is 2.33. The molecule has 2 fully saturated rings. The molecule has 10 heteroatoms. The Hall–Kier alpha value is -3.30. The van der Waals surface area contributed by atoms with E-state index in [4.69, 9.17) is 4.98 Å². The SMILES string of the molecule is CCn1c(-c2cnc(C)nc2)nc2c(NC3CCN(C(=O)NC4CCC4)C3)ncnc21. The van der Waals surface area contributed by atoms with Gasteiger partial charge in [0.15, 0.2) is 17.0 Å². The lowest BCUT2D eigenvalue weighted by Crippen LogP contribution is -2.47. The number of likely N-dealkylation sites (tertiary alicyclic amines) is 1. The van der Waals surface area contributed by atoms with Gasteiger partial charge in [-0.15, -0.1) is 0 Å². The predicted octanol–water partition coefficient (Wildman–Crippen LogP) is 2.36. The molecule has 162 valence electrons. The summed E-state index contributed by atoms with van der Waals surface area (Å²) in [5.74, 6) is 2.18. The lowest BCUT2D eigenvalue weighted by molar-refractivity contribution is 0.196. The Morgan fingerprint density at radius 1 is 1.13 bits per heavy atom. The maximum absolute atomic E-state index is 12.5. The van der Waals surface area contributed by atoms with Gasteiger partial charge in [0.25, 0.3) is 0 Å². The summed E-state index contributed by atoms with van der Waals surface area (Å²) in [4.78, 5) is 36.7. The molecule has 2 aliphatic rings. The fourth-order valence-electron chi connectivity index (χ4n) is 4.14. The van der Waals surface area contributed by atoms with Crippen LogP contribution in [0.4, 0.5) is 10.6 Å². The van der Waals surface area contributed by atoms with Gasteiger partial charge in [0.1, 0.15) is 18.0 Å². The average molecular weight is 422 g/mol. The van der Waals surface area contributed by atoms with E-state index in [2.05, 4.69) is 37.5 Å². The van der Waals surface area contributed by atoms with Crippen LogP contribution in [0.5, 0.6) is 0 Å². The second kappa shape index (κ2) is 8.09. The van der Waals surface area contributed by atoms with Crippen molar-refractivity contribution in [1.82, 2.24) is 39.7 Å². The van der Waals surface area contributed by atoms with Crippen molar-refractivity contribution in [2.75, 3.05) is 18.4 Å². The van der Waals surface area contributed by atoms with E-state index in [0.717, 1.165) is 54.2 Å². The molecule has 1 aliphatic heterocycles. The highest BCUT2D eigenvalue weighted by molar-refractivity contribution is 5.86. The van der Waals surface area contributed by atoms with Gasteiger partial charge in [0, 0.05) is 44.1 Å².